The number of alkyl halides is 3. The molecule has 1 aromatic rings. The van der Waals surface area contributed by atoms with Crippen LogP contribution in [0, 0.1) is 37.2 Å². The van der Waals surface area contributed by atoms with Crippen LogP contribution in [0.5, 0.6) is 0 Å². The third-order valence-electron chi connectivity index (χ3n) is 3.76. The summed E-state index contributed by atoms with van der Waals surface area (Å²) < 4.78 is 38.3. The maximum absolute atomic E-state index is 12.8. The van der Waals surface area contributed by atoms with E-state index in [9.17, 15) is 13.2 Å². The fraction of sp³-hybridized carbons (Fsp3) is 0.455. The van der Waals surface area contributed by atoms with Crippen molar-refractivity contribution in [3.8, 4) is 0 Å². The average molecular weight is 620 g/mol. The second-order valence-corrected chi connectivity index (χ2v) is 6.07. The first kappa shape index (κ1) is 29.2. The predicted octanol–water partition coefficient (Wildman–Crippen LogP) is 6.28. The number of nitrogens with two attached hydrogens (primary N) is 1. The number of benzene rings is 1. The number of nitrogens with zero attached hydrogens (tertiary/aromatic N) is 1. The van der Waals surface area contributed by atoms with E-state index in [4.69, 9.17) is 5.73 Å². The molecule has 0 aromatic heterocycles. The zero-order valence-corrected chi connectivity index (χ0v) is 21.9. The van der Waals surface area contributed by atoms with E-state index >= 15 is 0 Å². The molecule has 28 heavy (non-hydrogen) atoms. The van der Waals surface area contributed by atoms with Gasteiger partial charge in [-0.05, 0) is 27.3 Å². The first-order valence-electron chi connectivity index (χ1n) is 9.21. The smallest absolute Gasteiger partial charge is 0.370 e. The molecule has 0 heterocycles. The van der Waals surface area contributed by atoms with Gasteiger partial charge in [-0.3, -0.25) is 4.90 Å². The van der Waals surface area contributed by atoms with Gasteiger partial charge >= 0.3 is 6.18 Å². The van der Waals surface area contributed by atoms with Crippen LogP contribution in [-0.2, 0) is 6.18 Å². The predicted molar refractivity (Wildman–Crippen MR) is 108 cm³/mol. The van der Waals surface area contributed by atoms with Crippen molar-refractivity contribution in [3.05, 3.63) is 71.0 Å². The molecule has 2 nitrogen and oxygen atoms in total. The largest absolute Gasteiger partial charge is 0.402 e. The monoisotopic (exact) mass is 619 g/mol. The third-order valence-corrected chi connectivity index (χ3v) is 3.76. The van der Waals surface area contributed by atoms with Crippen LogP contribution in [-0.4, -0.2) is 18.5 Å². The standard InChI is InChI=1S/C20H26F3N2.C2H6.U/c1-5-6-7-8-15(2)19(25(4)14-13-16(3)24)17-9-11-18(12-10-17)20(21,22)23;1-2;/h6-9,11-13,19H,5,14,24H2,1-4H3;1-2H3;/q-1;;/b7-6-,15-8+,16-13+;;. The Bertz CT molecular complexity index is 628. The fourth-order valence-electron chi connectivity index (χ4n) is 2.45. The van der Waals surface area contributed by atoms with Gasteiger partial charge in [0.1, 0.15) is 0 Å². The van der Waals surface area contributed by atoms with Crippen LogP contribution in [0.1, 0.15) is 58.2 Å². The molecular formula is C22H32F3N2U-. The van der Waals surface area contributed by atoms with E-state index in [-0.39, 0.29) is 37.2 Å². The van der Waals surface area contributed by atoms with Gasteiger partial charge in [-0.15, -0.1) is 5.56 Å². The summed E-state index contributed by atoms with van der Waals surface area (Å²) in [4.78, 5) is 2.03. The van der Waals surface area contributed by atoms with Crippen molar-refractivity contribution in [2.24, 2.45) is 5.73 Å². The Hall–Kier alpha value is -0.958. The number of allylic oxidation sites excluding steroid dienone is 4. The van der Waals surface area contributed by atoms with E-state index in [1.54, 1.807) is 6.92 Å². The molecule has 2 N–H and O–H groups in total. The van der Waals surface area contributed by atoms with E-state index in [1.807, 2.05) is 63.9 Å². The maximum atomic E-state index is 12.8. The Morgan fingerprint density at radius 3 is 2.29 bits per heavy atom. The topological polar surface area (TPSA) is 29.3 Å². The van der Waals surface area contributed by atoms with Crippen molar-refractivity contribution in [2.45, 2.75) is 53.3 Å². The molecule has 1 unspecified atom stereocenters. The number of likely N-dealkylation sites (N-methyl/N-ethyl adjacent to an activating group) is 1. The van der Waals surface area contributed by atoms with Crippen LogP contribution in [0.25, 0.3) is 0 Å². The van der Waals surface area contributed by atoms with Gasteiger partial charge in [0.2, 0.25) is 0 Å². The van der Waals surface area contributed by atoms with Gasteiger partial charge in [-0.2, -0.15) is 37.4 Å². The molecule has 0 amide bonds. The molecule has 6 heteroatoms. The molecule has 0 aliphatic carbocycles. The van der Waals surface area contributed by atoms with Crippen LogP contribution < -0.4 is 5.73 Å². The Morgan fingerprint density at radius 2 is 1.86 bits per heavy atom. The summed E-state index contributed by atoms with van der Waals surface area (Å²) in [7, 11) is 1.91. The van der Waals surface area contributed by atoms with Gasteiger partial charge < -0.3 is 5.73 Å². The molecule has 0 spiro atoms. The number of hydrogen-bond donors (Lipinski definition) is 1. The minimum absolute atomic E-state index is 0. The van der Waals surface area contributed by atoms with Gasteiger partial charge in [-0.1, -0.05) is 56.2 Å². The van der Waals surface area contributed by atoms with Crippen molar-refractivity contribution in [3.63, 3.8) is 0 Å². The summed E-state index contributed by atoms with van der Waals surface area (Å²) in [5, 5.41) is 0. The van der Waals surface area contributed by atoms with E-state index in [0.29, 0.717) is 17.8 Å². The van der Waals surface area contributed by atoms with Crippen LogP contribution in [0.15, 0.2) is 53.8 Å². The van der Waals surface area contributed by atoms with Crippen LogP contribution in [0.3, 0.4) is 0 Å². The van der Waals surface area contributed by atoms with Gasteiger partial charge in [-0.25, -0.2) is 0 Å². The average Bonchev–Trinajstić information content (AvgIpc) is 2.62. The molecule has 1 atom stereocenters. The van der Waals surface area contributed by atoms with E-state index in [1.165, 1.54) is 6.07 Å². The molecule has 0 saturated heterocycles. The summed E-state index contributed by atoms with van der Waals surface area (Å²) >= 11 is 0. The molecule has 156 valence electrons. The molecule has 1 rings (SSSR count). The number of hydrogen-bond acceptors (Lipinski definition) is 2. The van der Waals surface area contributed by atoms with Gasteiger partial charge in [0.15, 0.2) is 0 Å². The number of rotatable bonds is 7. The van der Waals surface area contributed by atoms with Crippen molar-refractivity contribution < 1.29 is 44.3 Å². The van der Waals surface area contributed by atoms with Crippen molar-refractivity contribution >= 4 is 0 Å². The molecule has 1 aromatic carbocycles. The molecular weight excluding hydrogens is 587 g/mol. The Labute approximate surface area is 192 Å². The summed E-state index contributed by atoms with van der Waals surface area (Å²) in [5.41, 5.74) is 7.42. The second kappa shape index (κ2) is 15.0. The molecule has 0 bridgehead atoms. The van der Waals surface area contributed by atoms with E-state index in [2.05, 4.69) is 6.07 Å². The van der Waals surface area contributed by atoms with Gasteiger partial charge in [0.05, 0.1) is 0 Å². The third kappa shape index (κ3) is 10.5. The van der Waals surface area contributed by atoms with E-state index < -0.39 is 11.7 Å². The normalized spacial score (nSPS) is 13.8. The first-order chi connectivity index (χ1) is 12.7. The molecule has 0 saturated carbocycles. The van der Waals surface area contributed by atoms with Crippen LogP contribution >= 0.6 is 0 Å². The molecule has 0 fully saturated rings. The van der Waals surface area contributed by atoms with Crippen molar-refractivity contribution in [1.82, 2.24) is 4.90 Å². The van der Waals surface area contributed by atoms with Gasteiger partial charge in [0, 0.05) is 49.4 Å². The second-order valence-electron chi connectivity index (χ2n) is 6.07. The Balaban J connectivity index is 0. The summed E-state index contributed by atoms with van der Waals surface area (Å²) in [6.07, 6.45) is 4.42. The van der Waals surface area contributed by atoms with Gasteiger partial charge in [0.25, 0.3) is 0 Å². The zero-order chi connectivity index (χ0) is 21.0. The molecule has 0 aliphatic heterocycles. The minimum atomic E-state index is -4.36. The van der Waals surface area contributed by atoms with Crippen molar-refractivity contribution in [1.29, 1.82) is 0 Å². The first-order valence-corrected chi connectivity index (χ1v) is 9.21. The summed E-state index contributed by atoms with van der Waals surface area (Å²) in [6.45, 7) is 10.4. The molecule has 0 aliphatic rings. The Kier molecular flexibility index (Phi) is 15.6. The van der Waals surface area contributed by atoms with Crippen LogP contribution in [0.2, 0.25) is 0 Å². The van der Waals surface area contributed by atoms with Crippen LogP contribution in [0.4, 0.5) is 13.2 Å². The summed E-state index contributed by atoms with van der Waals surface area (Å²) in [5.74, 6) is 0. The summed E-state index contributed by atoms with van der Waals surface area (Å²) in [6, 6.07) is 6.23. The fourth-order valence-corrected chi connectivity index (χ4v) is 2.45. The minimum Gasteiger partial charge on any atom is -0.402 e. The van der Waals surface area contributed by atoms with Crippen molar-refractivity contribution in [2.75, 3.05) is 13.6 Å². The Morgan fingerprint density at radius 1 is 1.25 bits per heavy atom. The zero-order valence-electron chi connectivity index (χ0n) is 17.7. The van der Waals surface area contributed by atoms with E-state index in [0.717, 1.165) is 24.1 Å². The quantitative estimate of drug-likeness (QED) is 0.288. The number of halogens is 3. The maximum Gasteiger partial charge on any atom is 0.370 e. The molecule has 0 radical (unpaired) electrons. The SMILES string of the molecule is CC.CC/C=C\C=C(/C)C(c1[c-]cc(C(F)(F)F)cc1)N(C)C/C=C(\C)N.[U].